The molecule has 2 heterocycles. The van der Waals surface area contributed by atoms with Gasteiger partial charge in [-0.1, -0.05) is 133 Å². The van der Waals surface area contributed by atoms with Gasteiger partial charge in [-0.25, -0.2) is 4.98 Å². The van der Waals surface area contributed by atoms with E-state index in [0.29, 0.717) is 5.89 Å². The van der Waals surface area contributed by atoms with Gasteiger partial charge in [0.05, 0.1) is 5.69 Å². The summed E-state index contributed by atoms with van der Waals surface area (Å²) in [5.74, 6) is 0.637. The van der Waals surface area contributed by atoms with E-state index in [1.807, 2.05) is 35.6 Å². The number of benzene rings is 9. The Morgan fingerprint density at radius 2 is 1.04 bits per heavy atom. The summed E-state index contributed by atoms with van der Waals surface area (Å²) in [5.41, 5.74) is 10.8. The monoisotopic (exact) mass is 720 g/mol. The van der Waals surface area contributed by atoms with E-state index < -0.39 is 0 Å². The molecule has 11 rings (SSSR count). The molecule has 0 atom stereocenters. The minimum Gasteiger partial charge on any atom is -0.436 e. The van der Waals surface area contributed by atoms with Crippen LogP contribution in [0.5, 0.6) is 0 Å². The van der Waals surface area contributed by atoms with Gasteiger partial charge in [0, 0.05) is 42.5 Å². The van der Waals surface area contributed by atoms with Crippen molar-refractivity contribution in [2.45, 2.75) is 0 Å². The van der Waals surface area contributed by atoms with Crippen LogP contribution < -0.4 is 4.90 Å². The van der Waals surface area contributed by atoms with Crippen LogP contribution in [-0.2, 0) is 0 Å². The van der Waals surface area contributed by atoms with E-state index >= 15 is 0 Å². The zero-order valence-corrected chi connectivity index (χ0v) is 30.5. The van der Waals surface area contributed by atoms with Crippen molar-refractivity contribution in [1.29, 1.82) is 0 Å². The van der Waals surface area contributed by atoms with Crippen LogP contribution in [0.25, 0.3) is 86.5 Å². The largest absolute Gasteiger partial charge is 0.436 e. The van der Waals surface area contributed by atoms with Crippen molar-refractivity contribution in [3.63, 3.8) is 0 Å². The fraction of sp³-hybridized carbons (Fsp3) is 0. The first-order valence-electron chi connectivity index (χ1n) is 18.5. The van der Waals surface area contributed by atoms with Crippen molar-refractivity contribution in [3.05, 3.63) is 194 Å². The highest BCUT2D eigenvalue weighted by Gasteiger charge is 2.23. The molecule has 0 aliphatic rings. The summed E-state index contributed by atoms with van der Waals surface area (Å²) < 4.78 is 8.63. The van der Waals surface area contributed by atoms with E-state index in [4.69, 9.17) is 9.40 Å². The summed E-state index contributed by atoms with van der Waals surface area (Å²) >= 11 is 1.82. The molecular weight excluding hydrogens is 689 g/mol. The van der Waals surface area contributed by atoms with Crippen LogP contribution in [0.4, 0.5) is 17.1 Å². The molecule has 0 unspecified atom stereocenters. The predicted octanol–water partition coefficient (Wildman–Crippen LogP) is 15.0. The summed E-state index contributed by atoms with van der Waals surface area (Å²) in [7, 11) is 0. The molecule has 3 nitrogen and oxygen atoms in total. The molecular formula is C51H32N2OS. The molecule has 0 aliphatic carbocycles. The summed E-state index contributed by atoms with van der Waals surface area (Å²) in [6.07, 6.45) is 0. The van der Waals surface area contributed by atoms with Crippen molar-refractivity contribution in [3.8, 4) is 33.7 Å². The molecule has 258 valence electrons. The molecule has 0 N–H and O–H groups in total. The first-order valence-corrected chi connectivity index (χ1v) is 19.3. The summed E-state index contributed by atoms with van der Waals surface area (Å²) in [5, 5.41) is 7.33. The van der Waals surface area contributed by atoms with Crippen LogP contribution in [0.1, 0.15) is 0 Å². The standard InChI is InChI=1S/C51H32N2OS/c1-2-10-33(11-3-1)35-20-25-41(26-21-35)53(42-27-22-36(23-28-42)38-19-18-34-12-4-5-13-37(34)30-38)50-43-15-7-6-14-39(43)31-48-49(50)44-29-24-40(32-47(44)55-48)51-52-45-16-8-9-17-46(45)54-51/h1-32H. The second-order valence-corrected chi connectivity index (χ2v) is 15.1. The smallest absolute Gasteiger partial charge is 0.227 e. The van der Waals surface area contributed by atoms with Gasteiger partial charge in [-0.05, 0) is 99.1 Å². The molecule has 55 heavy (non-hydrogen) atoms. The average Bonchev–Trinajstić information content (AvgIpc) is 3.85. The third-order valence-electron chi connectivity index (χ3n) is 10.7. The normalized spacial score (nSPS) is 11.6. The maximum Gasteiger partial charge on any atom is 0.227 e. The molecule has 0 radical (unpaired) electrons. The fourth-order valence-electron chi connectivity index (χ4n) is 7.95. The molecule has 0 bridgehead atoms. The van der Waals surface area contributed by atoms with Gasteiger partial charge in [-0.2, -0.15) is 0 Å². The Labute approximate surface area is 322 Å². The highest BCUT2D eigenvalue weighted by atomic mass is 32.1. The van der Waals surface area contributed by atoms with Gasteiger partial charge in [0.1, 0.15) is 5.52 Å². The van der Waals surface area contributed by atoms with Crippen LogP contribution in [0, 0.1) is 0 Å². The average molecular weight is 721 g/mol. The first kappa shape index (κ1) is 31.5. The van der Waals surface area contributed by atoms with E-state index in [1.54, 1.807) is 0 Å². The van der Waals surface area contributed by atoms with Crippen LogP contribution in [0.3, 0.4) is 0 Å². The zero-order valence-electron chi connectivity index (χ0n) is 29.7. The van der Waals surface area contributed by atoms with E-state index in [2.05, 4.69) is 175 Å². The number of hydrogen-bond acceptors (Lipinski definition) is 4. The van der Waals surface area contributed by atoms with Crippen molar-refractivity contribution < 1.29 is 4.42 Å². The lowest BCUT2D eigenvalue weighted by Gasteiger charge is -2.28. The third-order valence-corrected chi connectivity index (χ3v) is 11.8. The number of oxazole rings is 1. The van der Waals surface area contributed by atoms with Gasteiger partial charge in [0.2, 0.25) is 5.89 Å². The minimum absolute atomic E-state index is 0.637. The Kier molecular flexibility index (Phi) is 7.35. The van der Waals surface area contributed by atoms with Crippen LogP contribution >= 0.6 is 11.3 Å². The lowest BCUT2D eigenvalue weighted by Crippen LogP contribution is -2.11. The van der Waals surface area contributed by atoms with Crippen molar-refractivity contribution in [2.75, 3.05) is 4.90 Å². The van der Waals surface area contributed by atoms with E-state index in [0.717, 1.165) is 28.0 Å². The maximum absolute atomic E-state index is 6.21. The third kappa shape index (κ3) is 5.46. The molecule has 0 saturated carbocycles. The van der Waals surface area contributed by atoms with Crippen LogP contribution in [-0.4, -0.2) is 4.98 Å². The molecule has 0 fully saturated rings. The quantitative estimate of drug-likeness (QED) is 0.171. The van der Waals surface area contributed by atoms with Crippen molar-refractivity contribution in [2.24, 2.45) is 0 Å². The topological polar surface area (TPSA) is 29.3 Å². The lowest BCUT2D eigenvalue weighted by molar-refractivity contribution is 0.620. The van der Waals surface area contributed by atoms with Gasteiger partial charge < -0.3 is 9.32 Å². The number of hydrogen-bond donors (Lipinski definition) is 0. The Bertz CT molecular complexity index is 3160. The van der Waals surface area contributed by atoms with E-state index in [1.165, 1.54) is 69.7 Å². The summed E-state index contributed by atoms with van der Waals surface area (Å²) in [6.45, 7) is 0. The number of anilines is 3. The molecule has 0 saturated heterocycles. The Morgan fingerprint density at radius 1 is 0.418 bits per heavy atom. The number of thiophene rings is 1. The van der Waals surface area contributed by atoms with Gasteiger partial charge in [-0.3, -0.25) is 0 Å². The Hall–Kier alpha value is -7.01. The molecule has 0 spiro atoms. The van der Waals surface area contributed by atoms with Gasteiger partial charge in [-0.15, -0.1) is 11.3 Å². The second-order valence-electron chi connectivity index (χ2n) is 14.0. The molecule has 0 amide bonds. The number of para-hydroxylation sites is 2. The number of nitrogens with zero attached hydrogens (tertiary/aromatic N) is 2. The summed E-state index contributed by atoms with van der Waals surface area (Å²) in [6, 6.07) is 69.6. The lowest BCUT2D eigenvalue weighted by atomic mass is 9.98. The molecule has 11 aromatic rings. The van der Waals surface area contributed by atoms with Gasteiger partial charge >= 0.3 is 0 Å². The summed E-state index contributed by atoms with van der Waals surface area (Å²) in [4.78, 5) is 7.26. The first-order chi connectivity index (χ1) is 27.2. The number of aromatic nitrogens is 1. The Morgan fingerprint density at radius 3 is 1.82 bits per heavy atom. The van der Waals surface area contributed by atoms with Crippen LogP contribution in [0.2, 0.25) is 0 Å². The molecule has 4 heteroatoms. The van der Waals surface area contributed by atoms with E-state index in [-0.39, 0.29) is 0 Å². The number of rotatable bonds is 6. The molecule has 2 aromatic heterocycles. The maximum atomic E-state index is 6.21. The van der Waals surface area contributed by atoms with E-state index in [9.17, 15) is 0 Å². The molecule has 9 aromatic carbocycles. The highest BCUT2D eigenvalue weighted by Crippen LogP contribution is 2.49. The Balaban J connectivity index is 1.12. The zero-order chi connectivity index (χ0) is 36.3. The second kappa shape index (κ2) is 12.8. The minimum atomic E-state index is 0.637. The fourth-order valence-corrected chi connectivity index (χ4v) is 9.15. The van der Waals surface area contributed by atoms with Gasteiger partial charge in [0.25, 0.3) is 0 Å². The SMILES string of the molecule is c1ccc(-c2ccc(N(c3ccc(-c4ccc5ccccc5c4)cc3)c3c4ccccc4cc4sc5cc(-c6nc7ccccc7o6)ccc5c34)cc2)cc1. The predicted molar refractivity (Wildman–Crippen MR) is 233 cm³/mol. The molecule has 0 aliphatic heterocycles. The van der Waals surface area contributed by atoms with Crippen molar-refractivity contribution in [1.82, 2.24) is 4.98 Å². The highest BCUT2D eigenvalue weighted by molar-refractivity contribution is 7.26. The van der Waals surface area contributed by atoms with Crippen molar-refractivity contribution >= 4 is 81.2 Å². The number of fused-ring (bicyclic) bond motifs is 6. The van der Waals surface area contributed by atoms with Gasteiger partial charge in [0.15, 0.2) is 5.58 Å². The van der Waals surface area contributed by atoms with Crippen LogP contribution in [0.15, 0.2) is 199 Å².